The third kappa shape index (κ3) is 6.93. The van der Waals surface area contributed by atoms with Gasteiger partial charge in [0.05, 0.1) is 0 Å². The largest absolute Gasteiger partial charge is 0.393 e. The molecule has 1 aromatic rings. The van der Waals surface area contributed by atoms with Gasteiger partial charge in [0.2, 0.25) is 0 Å². The molecule has 2 nitrogen and oxygen atoms in total. The fraction of sp³-hybridized carbons (Fsp3) is 0.750. The van der Waals surface area contributed by atoms with E-state index in [0.29, 0.717) is 20.6 Å². The molecule has 6 heteroatoms. The predicted octanol–water partition coefficient (Wildman–Crippen LogP) is 7.92. The Morgan fingerprint density at radius 1 is 0.600 bits per heavy atom. The van der Waals surface area contributed by atoms with Crippen molar-refractivity contribution in [3.8, 4) is 0 Å². The summed E-state index contributed by atoms with van der Waals surface area (Å²) in [6.07, 6.45) is 2.25. The third-order valence-corrected chi connectivity index (χ3v) is 13.3. The molecule has 0 N–H and O–H groups in total. The van der Waals surface area contributed by atoms with Crippen LogP contribution in [0.2, 0.25) is 0 Å². The van der Waals surface area contributed by atoms with Crippen LogP contribution in [0.4, 0.5) is 11.4 Å². The molecule has 2 radical (unpaired) electrons. The van der Waals surface area contributed by atoms with Gasteiger partial charge in [0.25, 0.3) is 0 Å². The van der Waals surface area contributed by atoms with Crippen molar-refractivity contribution in [3.05, 3.63) is 24.3 Å². The zero-order valence-corrected chi connectivity index (χ0v) is 24.9. The second-order valence-electron chi connectivity index (χ2n) is 12.4. The Labute approximate surface area is 203 Å². The van der Waals surface area contributed by atoms with Crippen LogP contribution in [0.5, 0.6) is 0 Å². The number of benzene rings is 1. The van der Waals surface area contributed by atoms with Crippen molar-refractivity contribution >= 4 is 34.8 Å². The Morgan fingerprint density at radius 2 is 0.867 bits per heavy atom. The van der Waals surface area contributed by atoms with Crippen LogP contribution in [-0.2, 0) is 19.5 Å². The van der Waals surface area contributed by atoms with Crippen LogP contribution in [0.3, 0.4) is 0 Å². The minimum absolute atomic E-state index is 0. The number of fused-ring (bicyclic) bond motifs is 1. The average molecular weight is 536 g/mol. The maximum atomic E-state index is 2.55. The maximum Gasteiger partial charge on any atom is 0.392 e. The van der Waals surface area contributed by atoms with Crippen molar-refractivity contribution in [1.29, 1.82) is 0 Å². The van der Waals surface area contributed by atoms with Crippen LogP contribution in [-0.4, -0.2) is 40.7 Å². The molecule has 0 aliphatic carbocycles. The van der Waals surface area contributed by atoms with Gasteiger partial charge in [0.1, 0.15) is 0 Å². The van der Waals surface area contributed by atoms with Gasteiger partial charge in [0.15, 0.2) is 0 Å². The van der Waals surface area contributed by atoms with Gasteiger partial charge in [-0.05, 0) is 32.8 Å². The van der Waals surface area contributed by atoms with E-state index in [4.69, 9.17) is 0 Å². The van der Waals surface area contributed by atoms with E-state index >= 15 is 0 Å². The minimum atomic E-state index is -0.189. The average Bonchev–Trinajstić information content (AvgIpc) is 2.84. The molecule has 0 unspecified atom stereocenters. The van der Waals surface area contributed by atoms with Crippen LogP contribution >= 0.6 is 15.8 Å². The summed E-state index contributed by atoms with van der Waals surface area (Å²) in [6, 6.07) is 8.99. The molecule has 0 atom stereocenters. The van der Waals surface area contributed by atoms with Gasteiger partial charge in [-0.2, -0.15) is 0 Å². The van der Waals surface area contributed by atoms with E-state index in [1.165, 1.54) is 11.4 Å². The van der Waals surface area contributed by atoms with E-state index in [2.05, 4.69) is 125 Å². The molecule has 30 heavy (non-hydrogen) atoms. The number of anilines is 2. The van der Waals surface area contributed by atoms with Crippen LogP contribution in [0.15, 0.2) is 24.3 Å². The Morgan fingerprint density at radius 3 is 1.10 bits per heavy atom. The fourth-order valence-electron chi connectivity index (χ4n) is 4.63. The fourth-order valence-corrected chi connectivity index (χ4v) is 11.4. The molecular weight excluding hydrogens is 492 g/mol. The number of para-hydroxylation sites is 2. The second-order valence-corrected chi connectivity index (χ2v) is 20.0. The second kappa shape index (κ2) is 9.70. The Kier molecular flexibility index (Phi) is 9.18. The van der Waals surface area contributed by atoms with Crippen molar-refractivity contribution in [1.82, 2.24) is 0 Å². The number of rotatable bonds is 4. The first kappa shape index (κ1) is 28.4. The molecule has 0 spiro atoms. The summed E-state index contributed by atoms with van der Waals surface area (Å²) >= 11 is 0. The number of hydrogen-bond acceptors (Lipinski definition) is 2. The van der Waals surface area contributed by atoms with Gasteiger partial charge < -0.3 is 9.62 Å². The van der Waals surface area contributed by atoms with E-state index in [1.54, 1.807) is 0 Å². The smallest absolute Gasteiger partial charge is 0.392 e. The molecule has 0 saturated carbocycles. The number of nitrogens with zero attached hydrogens (tertiary/aromatic N) is 2. The molecule has 0 aromatic heterocycles. The molecule has 0 fully saturated rings. The van der Waals surface area contributed by atoms with Crippen molar-refractivity contribution in [2.75, 3.05) is 22.2 Å². The molecule has 1 aliphatic heterocycles. The van der Waals surface area contributed by atoms with Crippen LogP contribution in [0, 0.1) is 0 Å². The van der Waals surface area contributed by atoms with Gasteiger partial charge in [-0.25, -0.2) is 0 Å². The van der Waals surface area contributed by atoms with Crippen molar-refractivity contribution < 1.29 is 19.5 Å². The molecular formula is C24H44BN2P2Rh. The summed E-state index contributed by atoms with van der Waals surface area (Å²) < 4.78 is 0. The van der Waals surface area contributed by atoms with Gasteiger partial charge in [-0.3, -0.25) is 0 Å². The summed E-state index contributed by atoms with van der Waals surface area (Å²) in [4.78, 5) is 5.10. The van der Waals surface area contributed by atoms with E-state index in [1.807, 2.05) is 0 Å². The molecule has 0 saturated heterocycles. The Bertz CT molecular complexity index is 612. The molecule has 2 rings (SSSR count). The van der Waals surface area contributed by atoms with Crippen molar-refractivity contribution in [2.45, 2.75) is 104 Å². The number of hydrogen-bond donors (Lipinski definition) is 0. The Hall–Kier alpha value is 0.368. The van der Waals surface area contributed by atoms with E-state index < -0.39 is 0 Å². The first-order valence-electron chi connectivity index (χ1n) is 11.0. The topological polar surface area (TPSA) is 6.48 Å². The van der Waals surface area contributed by atoms with Crippen LogP contribution in [0.25, 0.3) is 0 Å². The first-order valence-corrected chi connectivity index (χ1v) is 14.0. The monoisotopic (exact) mass is 536 g/mol. The molecule has 0 amide bonds. The summed E-state index contributed by atoms with van der Waals surface area (Å²) in [7, 11) is 2.04. The van der Waals surface area contributed by atoms with Gasteiger partial charge in [-0.15, -0.1) is 0 Å². The maximum absolute atomic E-state index is 2.55. The van der Waals surface area contributed by atoms with Gasteiger partial charge in [-0.1, -0.05) is 111 Å². The molecule has 1 aliphatic rings. The Balaban J connectivity index is 0.00000450. The SMILES string of the molecule is CC(C)(C)P(CN1[B]N(CP(C(C)(C)C)C(C)(C)C)c2ccccc21)C(C)(C)C.[Rh]. The van der Waals surface area contributed by atoms with Gasteiger partial charge in [0, 0.05) is 43.4 Å². The molecule has 172 valence electrons. The van der Waals surface area contributed by atoms with Crippen molar-refractivity contribution in [3.63, 3.8) is 0 Å². The summed E-state index contributed by atoms with van der Waals surface area (Å²) in [5.74, 6) is 0. The van der Waals surface area contributed by atoms with Gasteiger partial charge >= 0.3 is 7.55 Å². The molecule has 1 heterocycles. The van der Waals surface area contributed by atoms with E-state index in [0.717, 1.165) is 12.6 Å². The van der Waals surface area contributed by atoms with E-state index in [9.17, 15) is 0 Å². The predicted molar refractivity (Wildman–Crippen MR) is 140 cm³/mol. The summed E-state index contributed by atoms with van der Waals surface area (Å²) in [5.41, 5.74) is 2.76. The summed E-state index contributed by atoms with van der Waals surface area (Å²) in [6.45, 7) is 29.0. The van der Waals surface area contributed by atoms with Crippen LogP contribution in [0.1, 0.15) is 83.1 Å². The summed E-state index contributed by atoms with van der Waals surface area (Å²) in [5, 5.41) is 1.31. The normalized spacial score (nSPS) is 15.4. The zero-order valence-electron chi connectivity index (χ0n) is 21.4. The zero-order chi connectivity index (χ0) is 22.4. The third-order valence-electron chi connectivity index (χ3n) is 5.61. The van der Waals surface area contributed by atoms with Crippen LogP contribution < -0.4 is 9.62 Å². The van der Waals surface area contributed by atoms with E-state index in [-0.39, 0.29) is 35.3 Å². The quantitative estimate of drug-likeness (QED) is 0.285. The molecule has 1 aromatic carbocycles. The first-order chi connectivity index (χ1) is 12.9. The standard InChI is InChI=1S/C24H44BN2P2.Rh/c1-21(2,3)28(22(4,5)6)17-26-19-15-13-14-16-20(19)27(25-26)18-29(23(7,8)9)24(10,11)12;/h13-16H,17-18H2,1-12H3;. The molecule has 0 bridgehead atoms. The minimum Gasteiger partial charge on any atom is -0.393 e. The van der Waals surface area contributed by atoms with Crippen molar-refractivity contribution in [2.24, 2.45) is 0 Å².